The second kappa shape index (κ2) is 8.31. The normalized spacial score (nSPS) is 18.2. The number of hydrogen-bond donors (Lipinski definition) is 1. The number of carbonyl (C=O) groups excluding carboxylic acids is 2. The molecule has 33 heavy (non-hydrogen) atoms. The number of imide groups is 1. The minimum atomic E-state index is -1.17. The van der Waals surface area contributed by atoms with E-state index >= 15 is 0 Å². The van der Waals surface area contributed by atoms with Crippen molar-refractivity contribution in [3.8, 4) is 11.8 Å². The molecule has 0 spiro atoms. The van der Waals surface area contributed by atoms with Crippen molar-refractivity contribution < 1.29 is 18.4 Å². The fourth-order valence-corrected chi connectivity index (χ4v) is 3.63. The van der Waals surface area contributed by atoms with Gasteiger partial charge in [-0.3, -0.25) is 4.79 Å². The van der Waals surface area contributed by atoms with Gasteiger partial charge in [-0.25, -0.2) is 28.3 Å². The predicted molar refractivity (Wildman–Crippen MR) is 116 cm³/mol. The fourth-order valence-electron chi connectivity index (χ4n) is 3.63. The van der Waals surface area contributed by atoms with Crippen molar-refractivity contribution in [2.75, 3.05) is 11.9 Å². The Morgan fingerprint density at radius 2 is 1.67 bits per heavy atom. The van der Waals surface area contributed by atoms with Crippen molar-refractivity contribution in [3.05, 3.63) is 93.7 Å². The molecule has 0 radical (unpaired) electrons. The summed E-state index contributed by atoms with van der Waals surface area (Å²) in [6.07, 6.45) is 2.33. The SMILES string of the molecule is CN1C(=O)N(c2c(F)cc(C#Cc3ccccc3)cc2F)C(=O)CC1(C)c1cnc(=O)[nH]c1. The second-order valence-corrected chi connectivity index (χ2v) is 7.73. The van der Waals surface area contributed by atoms with E-state index in [1.54, 1.807) is 31.2 Å². The molecule has 0 saturated carbocycles. The largest absolute Gasteiger partial charge is 0.344 e. The topological polar surface area (TPSA) is 86.4 Å². The molecule has 4 rings (SSSR count). The molecule has 0 aliphatic carbocycles. The molecular weight excluding hydrogens is 430 g/mol. The number of nitrogens with one attached hydrogen (secondary N) is 1. The molecule has 1 aromatic heterocycles. The molecule has 0 bridgehead atoms. The molecule has 3 aromatic rings. The number of nitrogens with zero attached hydrogens (tertiary/aromatic N) is 3. The molecule has 9 heteroatoms. The number of aromatic nitrogens is 2. The van der Waals surface area contributed by atoms with Crippen molar-refractivity contribution in [1.29, 1.82) is 0 Å². The molecule has 1 fully saturated rings. The Hall–Kier alpha value is -4.32. The van der Waals surface area contributed by atoms with E-state index in [4.69, 9.17) is 0 Å². The lowest BCUT2D eigenvalue weighted by Crippen LogP contribution is -2.60. The Bertz CT molecular complexity index is 1330. The monoisotopic (exact) mass is 448 g/mol. The maximum atomic E-state index is 14.9. The Labute approximate surface area is 187 Å². The number of hydrogen-bond acceptors (Lipinski definition) is 4. The number of aromatic amines is 1. The number of H-pyrrole nitrogens is 1. The van der Waals surface area contributed by atoms with Gasteiger partial charge in [0.1, 0.15) is 5.69 Å². The first kappa shape index (κ1) is 21.9. The number of amides is 3. The molecule has 1 aliphatic heterocycles. The molecule has 1 aliphatic rings. The quantitative estimate of drug-likeness (QED) is 0.611. The first-order chi connectivity index (χ1) is 15.7. The van der Waals surface area contributed by atoms with Gasteiger partial charge in [-0.05, 0) is 31.2 Å². The average Bonchev–Trinajstić information content (AvgIpc) is 2.79. The summed E-state index contributed by atoms with van der Waals surface area (Å²) in [7, 11) is 1.41. The van der Waals surface area contributed by atoms with Gasteiger partial charge >= 0.3 is 11.7 Å². The van der Waals surface area contributed by atoms with Crippen molar-refractivity contribution in [2.45, 2.75) is 18.9 Å². The highest BCUT2D eigenvalue weighted by molar-refractivity contribution is 6.16. The maximum Gasteiger partial charge on any atom is 0.344 e. The van der Waals surface area contributed by atoms with Gasteiger partial charge in [0.25, 0.3) is 0 Å². The number of urea groups is 1. The van der Waals surface area contributed by atoms with Gasteiger partial charge in [-0.1, -0.05) is 30.0 Å². The lowest BCUT2D eigenvalue weighted by Gasteiger charge is -2.45. The molecule has 2 aromatic carbocycles. The molecule has 2 heterocycles. The van der Waals surface area contributed by atoms with Crippen LogP contribution in [0, 0.1) is 23.5 Å². The van der Waals surface area contributed by atoms with E-state index in [-0.39, 0.29) is 12.0 Å². The smallest absolute Gasteiger partial charge is 0.317 e. The number of carbonyl (C=O) groups is 2. The van der Waals surface area contributed by atoms with Gasteiger partial charge in [0.15, 0.2) is 11.6 Å². The lowest BCUT2D eigenvalue weighted by atomic mass is 9.86. The summed E-state index contributed by atoms with van der Waals surface area (Å²) in [6.45, 7) is 1.60. The highest BCUT2D eigenvalue weighted by atomic mass is 19.1. The van der Waals surface area contributed by atoms with Crippen LogP contribution in [0.2, 0.25) is 0 Å². The van der Waals surface area contributed by atoms with Crippen LogP contribution in [0.3, 0.4) is 0 Å². The minimum Gasteiger partial charge on any atom is -0.317 e. The third-order valence-electron chi connectivity index (χ3n) is 5.62. The fraction of sp³-hybridized carbons (Fsp3) is 0.167. The lowest BCUT2D eigenvalue weighted by molar-refractivity contribution is -0.122. The first-order valence-electron chi connectivity index (χ1n) is 9.93. The maximum absolute atomic E-state index is 14.9. The molecule has 7 nitrogen and oxygen atoms in total. The van der Waals surface area contributed by atoms with E-state index in [1.807, 2.05) is 6.07 Å². The summed E-state index contributed by atoms with van der Waals surface area (Å²) in [4.78, 5) is 45.0. The summed E-state index contributed by atoms with van der Waals surface area (Å²) in [5.41, 5.74) is -1.38. The van der Waals surface area contributed by atoms with Crippen LogP contribution in [0.5, 0.6) is 0 Å². The third kappa shape index (κ3) is 3.99. The van der Waals surface area contributed by atoms with Crippen molar-refractivity contribution in [2.24, 2.45) is 0 Å². The number of rotatable bonds is 2. The summed E-state index contributed by atoms with van der Waals surface area (Å²) < 4.78 is 29.9. The Kier molecular flexibility index (Phi) is 5.52. The van der Waals surface area contributed by atoms with E-state index in [0.29, 0.717) is 16.0 Å². The Balaban J connectivity index is 1.68. The Morgan fingerprint density at radius 1 is 1.03 bits per heavy atom. The zero-order valence-corrected chi connectivity index (χ0v) is 17.7. The van der Waals surface area contributed by atoms with Crippen molar-refractivity contribution in [1.82, 2.24) is 14.9 Å². The molecule has 1 saturated heterocycles. The molecule has 1 atom stereocenters. The highest BCUT2D eigenvalue weighted by Gasteiger charge is 2.48. The minimum absolute atomic E-state index is 0.0621. The van der Waals surface area contributed by atoms with E-state index in [2.05, 4.69) is 21.8 Å². The zero-order chi connectivity index (χ0) is 23.8. The second-order valence-electron chi connectivity index (χ2n) is 7.73. The van der Waals surface area contributed by atoms with Gasteiger partial charge in [-0.15, -0.1) is 0 Å². The van der Waals surface area contributed by atoms with Crippen LogP contribution in [0.25, 0.3) is 0 Å². The molecule has 1 unspecified atom stereocenters. The van der Waals surface area contributed by atoms with Crippen molar-refractivity contribution in [3.63, 3.8) is 0 Å². The van der Waals surface area contributed by atoms with E-state index in [1.165, 1.54) is 24.3 Å². The first-order valence-corrected chi connectivity index (χ1v) is 9.93. The van der Waals surface area contributed by atoms with Gasteiger partial charge in [0.05, 0.1) is 12.0 Å². The highest BCUT2D eigenvalue weighted by Crippen LogP contribution is 2.38. The van der Waals surface area contributed by atoms with Gasteiger partial charge in [0, 0.05) is 36.1 Å². The van der Waals surface area contributed by atoms with E-state index in [9.17, 15) is 23.2 Å². The molecule has 166 valence electrons. The van der Waals surface area contributed by atoms with Crippen LogP contribution < -0.4 is 10.6 Å². The molecular formula is C24H18F2N4O3. The standard InChI is InChI=1S/C24H18F2N4O3/c1-24(17-13-27-22(32)28-14-17)12-20(31)30(23(33)29(24)2)21-18(25)10-16(11-19(21)26)9-8-15-6-4-3-5-7-15/h3-7,10-11,13-14H,12H2,1-2H3,(H,27,28,32). The molecule has 3 amide bonds. The predicted octanol–water partition coefficient (Wildman–Crippen LogP) is 3.15. The summed E-state index contributed by atoms with van der Waals surface area (Å²) >= 11 is 0. The van der Waals surface area contributed by atoms with Crippen LogP contribution in [-0.4, -0.2) is 33.9 Å². The number of halogens is 2. The number of benzene rings is 2. The van der Waals surface area contributed by atoms with Crippen LogP contribution >= 0.6 is 0 Å². The van der Waals surface area contributed by atoms with Gasteiger partial charge in [0.2, 0.25) is 5.91 Å². The van der Waals surface area contributed by atoms with Crippen LogP contribution in [0.4, 0.5) is 19.3 Å². The van der Waals surface area contributed by atoms with E-state index < -0.39 is 40.5 Å². The van der Waals surface area contributed by atoms with Crippen LogP contribution in [0.15, 0.2) is 59.7 Å². The summed E-state index contributed by atoms with van der Waals surface area (Å²) in [5.74, 6) is 2.51. The summed E-state index contributed by atoms with van der Waals surface area (Å²) in [5, 5.41) is 0. The third-order valence-corrected chi connectivity index (χ3v) is 5.62. The van der Waals surface area contributed by atoms with Crippen molar-refractivity contribution >= 4 is 17.6 Å². The zero-order valence-electron chi connectivity index (χ0n) is 17.7. The number of anilines is 1. The summed E-state index contributed by atoms with van der Waals surface area (Å²) in [6, 6.07) is 9.95. The average molecular weight is 448 g/mol. The van der Waals surface area contributed by atoms with Gasteiger partial charge in [-0.2, -0.15) is 0 Å². The van der Waals surface area contributed by atoms with Crippen LogP contribution in [-0.2, 0) is 10.3 Å². The van der Waals surface area contributed by atoms with Gasteiger partial charge < -0.3 is 9.88 Å². The van der Waals surface area contributed by atoms with Crippen LogP contribution in [0.1, 0.15) is 30.0 Å². The Morgan fingerprint density at radius 3 is 2.27 bits per heavy atom. The molecule has 1 N–H and O–H groups in total. The van der Waals surface area contributed by atoms with E-state index in [0.717, 1.165) is 12.1 Å².